The van der Waals surface area contributed by atoms with Gasteiger partial charge in [0.15, 0.2) is 0 Å². The van der Waals surface area contributed by atoms with E-state index in [0.29, 0.717) is 6.54 Å². The van der Waals surface area contributed by atoms with Crippen molar-refractivity contribution in [3.8, 4) is 0 Å². The number of fused-ring (bicyclic) bond motifs is 1. The first-order valence-electron chi connectivity index (χ1n) is 10.8. The number of likely N-dealkylation sites (tertiary alicyclic amines) is 1. The van der Waals surface area contributed by atoms with Crippen molar-refractivity contribution in [3.05, 3.63) is 39.8 Å². The average Bonchev–Trinajstić information content (AvgIpc) is 3.40. The Morgan fingerprint density at radius 1 is 1.28 bits per heavy atom. The zero-order valence-corrected chi connectivity index (χ0v) is 17.9. The molecule has 1 saturated heterocycles. The minimum Gasteiger partial charge on any atom is -0.356 e. The van der Waals surface area contributed by atoms with Crippen LogP contribution in [0.25, 0.3) is 0 Å². The Labute approximate surface area is 176 Å². The predicted molar refractivity (Wildman–Crippen MR) is 114 cm³/mol. The van der Waals surface area contributed by atoms with Gasteiger partial charge in [0.05, 0.1) is 4.88 Å². The van der Waals surface area contributed by atoms with E-state index in [1.807, 2.05) is 21.8 Å². The summed E-state index contributed by atoms with van der Waals surface area (Å²) in [5.74, 6) is 1.05. The number of nitrogens with zero attached hydrogens (tertiary/aromatic N) is 3. The van der Waals surface area contributed by atoms with Gasteiger partial charge in [0.2, 0.25) is 5.91 Å². The lowest BCUT2D eigenvalue weighted by Crippen LogP contribution is -2.37. The van der Waals surface area contributed by atoms with Gasteiger partial charge >= 0.3 is 0 Å². The standard InChI is InChI=1S/C22H30N4O2S/c1-16-6-12-25(13-7-16)22(28)20-15-18-14-17(4-5-19(18)29-20)21(27)23-8-2-10-26-11-3-9-24-26/h3,9,11,15-17H,2,4-8,10,12-14H2,1H3,(H,23,27). The molecule has 0 saturated carbocycles. The summed E-state index contributed by atoms with van der Waals surface area (Å²) in [6.07, 6.45) is 9.29. The van der Waals surface area contributed by atoms with Gasteiger partial charge in [-0.1, -0.05) is 6.92 Å². The maximum atomic E-state index is 12.9. The first kappa shape index (κ1) is 20.1. The molecule has 0 bridgehead atoms. The second kappa shape index (κ2) is 9.11. The lowest BCUT2D eigenvalue weighted by Gasteiger charge is -2.29. The number of amides is 2. The molecule has 2 aliphatic rings. The smallest absolute Gasteiger partial charge is 0.263 e. The number of carbonyl (C=O) groups is 2. The van der Waals surface area contributed by atoms with Crippen LogP contribution in [0.1, 0.15) is 52.7 Å². The fraction of sp³-hybridized carbons (Fsp3) is 0.591. The molecule has 156 valence electrons. The summed E-state index contributed by atoms with van der Waals surface area (Å²) in [5, 5.41) is 7.25. The Morgan fingerprint density at radius 2 is 2.10 bits per heavy atom. The van der Waals surface area contributed by atoms with Crippen molar-refractivity contribution >= 4 is 23.2 Å². The van der Waals surface area contributed by atoms with E-state index in [2.05, 4.69) is 23.4 Å². The summed E-state index contributed by atoms with van der Waals surface area (Å²) in [6.45, 7) is 5.47. The maximum absolute atomic E-state index is 12.9. The zero-order chi connectivity index (χ0) is 20.2. The molecule has 29 heavy (non-hydrogen) atoms. The monoisotopic (exact) mass is 414 g/mol. The van der Waals surface area contributed by atoms with Crippen LogP contribution >= 0.6 is 11.3 Å². The Kier molecular flexibility index (Phi) is 6.33. The van der Waals surface area contributed by atoms with Gasteiger partial charge in [-0.25, -0.2) is 0 Å². The largest absolute Gasteiger partial charge is 0.356 e. The highest BCUT2D eigenvalue weighted by atomic mass is 32.1. The van der Waals surface area contributed by atoms with Crippen molar-refractivity contribution in [2.45, 2.75) is 52.0 Å². The Balaban J connectivity index is 1.28. The third-order valence-electron chi connectivity index (χ3n) is 6.16. The zero-order valence-electron chi connectivity index (χ0n) is 17.1. The molecule has 0 spiro atoms. The molecule has 1 aliphatic heterocycles. The van der Waals surface area contributed by atoms with Crippen molar-refractivity contribution < 1.29 is 9.59 Å². The first-order valence-corrected chi connectivity index (χ1v) is 11.6. The van der Waals surface area contributed by atoms with E-state index in [9.17, 15) is 9.59 Å². The lowest BCUT2D eigenvalue weighted by molar-refractivity contribution is -0.125. The molecule has 4 rings (SSSR count). The van der Waals surface area contributed by atoms with E-state index >= 15 is 0 Å². The van der Waals surface area contributed by atoms with Crippen LogP contribution in [0.4, 0.5) is 0 Å². The molecule has 1 unspecified atom stereocenters. The van der Waals surface area contributed by atoms with Gasteiger partial charge < -0.3 is 10.2 Å². The normalized spacial score (nSPS) is 19.8. The van der Waals surface area contributed by atoms with E-state index in [1.54, 1.807) is 17.5 Å². The number of aryl methyl sites for hydroxylation is 2. The molecule has 1 N–H and O–H groups in total. The quantitative estimate of drug-likeness (QED) is 0.739. The Hall–Kier alpha value is -2.15. The first-order chi connectivity index (χ1) is 14.1. The lowest BCUT2D eigenvalue weighted by atomic mass is 9.87. The molecule has 1 fully saturated rings. The van der Waals surface area contributed by atoms with Crippen LogP contribution in [0, 0.1) is 11.8 Å². The number of aromatic nitrogens is 2. The summed E-state index contributed by atoms with van der Waals surface area (Å²) >= 11 is 1.64. The topological polar surface area (TPSA) is 67.2 Å². The molecule has 3 heterocycles. The summed E-state index contributed by atoms with van der Waals surface area (Å²) in [6, 6.07) is 3.96. The SMILES string of the molecule is CC1CCN(C(=O)c2cc3c(s2)CCC(C(=O)NCCCn2cccn2)C3)CC1. The summed E-state index contributed by atoms with van der Waals surface area (Å²) in [7, 11) is 0. The van der Waals surface area contributed by atoms with Crippen LogP contribution in [-0.2, 0) is 24.2 Å². The number of nitrogens with one attached hydrogen (secondary N) is 1. The maximum Gasteiger partial charge on any atom is 0.263 e. The number of hydrogen-bond acceptors (Lipinski definition) is 4. The Morgan fingerprint density at radius 3 is 2.86 bits per heavy atom. The number of carbonyl (C=O) groups excluding carboxylic acids is 2. The molecular formula is C22H30N4O2S. The van der Waals surface area contributed by atoms with Crippen molar-refractivity contribution in [2.24, 2.45) is 11.8 Å². The molecule has 7 heteroatoms. The molecule has 0 radical (unpaired) electrons. The van der Waals surface area contributed by atoms with Gasteiger partial charge in [0, 0.05) is 49.4 Å². The number of thiophene rings is 1. The fourth-order valence-electron chi connectivity index (χ4n) is 4.25. The number of rotatable bonds is 6. The van der Waals surface area contributed by atoms with Crippen molar-refractivity contribution in [1.29, 1.82) is 0 Å². The van der Waals surface area contributed by atoms with Crippen LogP contribution < -0.4 is 5.32 Å². The van der Waals surface area contributed by atoms with Crippen LogP contribution in [0.3, 0.4) is 0 Å². The molecular weight excluding hydrogens is 384 g/mol. The summed E-state index contributed by atoms with van der Waals surface area (Å²) in [4.78, 5) is 29.6. The highest BCUT2D eigenvalue weighted by Crippen LogP contribution is 2.33. The van der Waals surface area contributed by atoms with Crippen LogP contribution in [-0.4, -0.2) is 46.1 Å². The highest BCUT2D eigenvalue weighted by Gasteiger charge is 2.29. The Bertz CT molecular complexity index is 837. The van der Waals surface area contributed by atoms with E-state index in [1.165, 1.54) is 10.4 Å². The number of piperidine rings is 1. The summed E-state index contributed by atoms with van der Waals surface area (Å²) < 4.78 is 1.88. The van der Waals surface area contributed by atoms with Gasteiger partial charge in [-0.2, -0.15) is 5.10 Å². The second-order valence-electron chi connectivity index (χ2n) is 8.39. The van der Waals surface area contributed by atoms with E-state index in [-0.39, 0.29) is 17.7 Å². The molecule has 1 atom stereocenters. The van der Waals surface area contributed by atoms with Crippen molar-refractivity contribution in [2.75, 3.05) is 19.6 Å². The third-order valence-corrected chi connectivity index (χ3v) is 7.38. The minimum absolute atomic E-state index is 0.0144. The molecule has 2 aromatic rings. The molecule has 2 aromatic heterocycles. The van der Waals surface area contributed by atoms with Gasteiger partial charge in [0.25, 0.3) is 5.91 Å². The van der Waals surface area contributed by atoms with Gasteiger partial charge in [0.1, 0.15) is 0 Å². The van der Waals surface area contributed by atoms with Gasteiger partial charge in [-0.05, 0) is 62.1 Å². The van der Waals surface area contributed by atoms with Crippen molar-refractivity contribution in [3.63, 3.8) is 0 Å². The minimum atomic E-state index is 0.0144. The van der Waals surface area contributed by atoms with Crippen molar-refractivity contribution in [1.82, 2.24) is 20.0 Å². The molecule has 2 amide bonds. The van der Waals surface area contributed by atoms with E-state index in [0.717, 1.165) is 69.0 Å². The van der Waals surface area contributed by atoms with Crippen LogP contribution in [0.2, 0.25) is 0 Å². The van der Waals surface area contributed by atoms with E-state index in [4.69, 9.17) is 0 Å². The van der Waals surface area contributed by atoms with Crippen LogP contribution in [0.15, 0.2) is 24.5 Å². The highest BCUT2D eigenvalue weighted by molar-refractivity contribution is 7.14. The van der Waals surface area contributed by atoms with Crippen LogP contribution in [0.5, 0.6) is 0 Å². The second-order valence-corrected chi connectivity index (χ2v) is 9.52. The third kappa shape index (κ3) is 4.89. The number of hydrogen-bond donors (Lipinski definition) is 1. The van der Waals surface area contributed by atoms with E-state index < -0.39 is 0 Å². The molecule has 0 aromatic carbocycles. The average molecular weight is 415 g/mol. The summed E-state index contributed by atoms with van der Waals surface area (Å²) in [5.41, 5.74) is 1.20. The molecule has 6 nitrogen and oxygen atoms in total. The van der Waals surface area contributed by atoms with Gasteiger partial charge in [-0.15, -0.1) is 11.3 Å². The molecule has 1 aliphatic carbocycles. The fourth-order valence-corrected chi connectivity index (χ4v) is 5.43. The predicted octanol–water partition coefficient (Wildman–Crippen LogP) is 3.13. The van der Waals surface area contributed by atoms with Gasteiger partial charge in [-0.3, -0.25) is 14.3 Å².